The van der Waals surface area contributed by atoms with Gasteiger partial charge in [0.05, 0.1) is 6.10 Å². The molecule has 0 bridgehead atoms. The van der Waals surface area contributed by atoms with E-state index >= 15 is 0 Å². The first-order chi connectivity index (χ1) is 9.40. The molecule has 0 amide bonds. The van der Waals surface area contributed by atoms with Crippen molar-refractivity contribution in [2.45, 2.75) is 46.8 Å². The molecule has 0 atom stereocenters. The average Bonchev–Trinajstić information content (AvgIpc) is 2.65. The summed E-state index contributed by atoms with van der Waals surface area (Å²) in [6.07, 6.45) is 0.174. The highest BCUT2D eigenvalue weighted by molar-refractivity contribution is 5.71. The first-order valence-electron chi connectivity index (χ1n) is 7.01. The number of nitrogens with zero attached hydrogens (tertiary/aromatic N) is 2. The Bertz CT molecular complexity index is 583. The second-order valence-electron chi connectivity index (χ2n) is 5.55. The Balaban J connectivity index is 2.35. The van der Waals surface area contributed by atoms with E-state index in [1.54, 1.807) is 0 Å². The van der Waals surface area contributed by atoms with Crippen LogP contribution in [0.1, 0.15) is 39.6 Å². The molecule has 0 spiro atoms. The van der Waals surface area contributed by atoms with Crippen molar-refractivity contribution in [3.63, 3.8) is 0 Å². The fourth-order valence-electron chi connectivity index (χ4n) is 2.39. The fraction of sp³-hybridized carbons (Fsp3) is 0.438. The van der Waals surface area contributed by atoms with Crippen LogP contribution >= 0.6 is 0 Å². The molecule has 0 unspecified atom stereocenters. The van der Waals surface area contributed by atoms with Crippen molar-refractivity contribution < 1.29 is 4.74 Å². The van der Waals surface area contributed by atoms with Crippen LogP contribution in [0.25, 0.3) is 11.3 Å². The first-order valence-corrected chi connectivity index (χ1v) is 7.01. The van der Waals surface area contributed by atoms with E-state index in [4.69, 9.17) is 10.5 Å². The monoisotopic (exact) mass is 273 g/mol. The van der Waals surface area contributed by atoms with Crippen LogP contribution in [0.5, 0.6) is 5.75 Å². The Hall–Kier alpha value is -1.97. The van der Waals surface area contributed by atoms with Gasteiger partial charge in [0.2, 0.25) is 0 Å². The van der Waals surface area contributed by atoms with Crippen LogP contribution in [0.15, 0.2) is 24.3 Å². The van der Waals surface area contributed by atoms with Crippen LogP contribution in [0.3, 0.4) is 0 Å². The Kier molecular flexibility index (Phi) is 4.02. The fourth-order valence-corrected chi connectivity index (χ4v) is 2.39. The van der Waals surface area contributed by atoms with E-state index in [2.05, 4.69) is 18.8 Å². The summed E-state index contributed by atoms with van der Waals surface area (Å²) in [4.78, 5) is 4.59. The molecule has 0 saturated heterocycles. The summed E-state index contributed by atoms with van der Waals surface area (Å²) in [5.41, 5.74) is 8.08. The number of aryl methyl sites for hydroxylation is 1. The quantitative estimate of drug-likeness (QED) is 0.921. The summed E-state index contributed by atoms with van der Waals surface area (Å²) in [6, 6.07) is 8.22. The number of hydrogen-bond donors (Lipinski definition) is 1. The van der Waals surface area contributed by atoms with Crippen molar-refractivity contribution in [2.75, 3.05) is 5.73 Å². The van der Waals surface area contributed by atoms with Crippen LogP contribution in [0, 0.1) is 6.92 Å². The van der Waals surface area contributed by atoms with Crippen molar-refractivity contribution in [3.05, 3.63) is 30.1 Å². The van der Waals surface area contributed by atoms with Gasteiger partial charge in [-0.25, -0.2) is 4.98 Å². The Morgan fingerprint density at radius 1 is 1.10 bits per heavy atom. The van der Waals surface area contributed by atoms with E-state index in [1.807, 2.05) is 49.6 Å². The van der Waals surface area contributed by atoms with E-state index in [1.165, 1.54) is 0 Å². The number of rotatable bonds is 4. The molecule has 0 fully saturated rings. The predicted octanol–water partition coefficient (Wildman–Crippen LogP) is 3.81. The minimum Gasteiger partial charge on any atom is -0.491 e. The predicted molar refractivity (Wildman–Crippen MR) is 83.0 cm³/mol. The largest absolute Gasteiger partial charge is 0.491 e. The molecule has 0 aliphatic carbocycles. The minimum absolute atomic E-state index is 0.174. The highest BCUT2D eigenvalue weighted by Gasteiger charge is 2.15. The number of ether oxygens (including phenoxy) is 1. The summed E-state index contributed by atoms with van der Waals surface area (Å²) in [5.74, 6) is 2.52. The maximum Gasteiger partial charge on any atom is 0.131 e. The Labute approximate surface area is 120 Å². The van der Waals surface area contributed by atoms with Crippen LogP contribution in [-0.2, 0) is 0 Å². The number of anilines is 1. The van der Waals surface area contributed by atoms with Gasteiger partial charge in [0.1, 0.15) is 23.1 Å². The van der Waals surface area contributed by atoms with Gasteiger partial charge in [0.25, 0.3) is 0 Å². The van der Waals surface area contributed by atoms with Gasteiger partial charge < -0.3 is 15.0 Å². The lowest BCUT2D eigenvalue weighted by Crippen LogP contribution is -2.07. The SMILES string of the molecule is Cc1nc(-c2ccc(OC(C)C)cc2)c(N)n1C(C)C. The third-order valence-electron chi connectivity index (χ3n) is 3.14. The number of nitrogen functional groups attached to an aromatic ring is 1. The highest BCUT2D eigenvalue weighted by atomic mass is 16.5. The highest BCUT2D eigenvalue weighted by Crippen LogP contribution is 2.30. The second-order valence-corrected chi connectivity index (χ2v) is 5.55. The summed E-state index contributed by atoms with van der Waals surface area (Å²) < 4.78 is 7.70. The van der Waals surface area contributed by atoms with E-state index in [0.29, 0.717) is 6.04 Å². The summed E-state index contributed by atoms with van der Waals surface area (Å²) in [5, 5.41) is 0. The number of benzene rings is 1. The van der Waals surface area contributed by atoms with E-state index in [0.717, 1.165) is 28.6 Å². The van der Waals surface area contributed by atoms with Crippen LogP contribution in [-0.4, -0.2) is 15.7 Å². The van der Waals surface area contributed by atoms with Crippen LogP contribution < -0.4 is 10.5 Å². The van der Waals surface area contributed by atoms with E-state index in [9.17, 15) is 0 Å². The maximum absolute atomic E-state index is 6.23. The topological polar surface area (TPSA) is 53.1 Å². The lowest BCUT2D eigenvalue weighted by atomic mass is 10.1. The van der Waals surface area contributed by atoms with Gasteiger partial charge in [-0.2, -0.15) is 0 Å². The molecule has 0 saturated carbocycles. The van der Waals surface area contributed by atoms with Crippen molar-refractivity contribution in [2.24, 2.45) is 0 Å². The molecule has 4 nitrogen and oxygen atoms in total. The molecule has 2 rings (SSSR count). The zero-order valence-electron chi connectivity index (χ0n) is 12.8. The summed E-state index contributed by atoms with van der Waals surface area (Å²) in [7, 11) is 0. The van der Waals surface area contributed by atoms with Gasteiger partial charge in [-0.15, -0.1) is 0 Å². The molecule has 4 heteroatoms. The molecular weight excluding hydrogens is 250 g/mol. The summed E-state index contributed by atoms with van der Waals surface area (Å²) >= 11 is 0. The van der Waals surface area contributed by atoms with Crippen molar-refractivity contribution in [1.29, 1.82) is 0 Å². The van der Waals surface area contributed by atoms with Gasteiger partial charge in [-0.1, -0.05) is 0 Å². The van der Waals surface area contributed by atoms with Gasteiger partial charge >= 0.3 is 0 Å². The van der Waals surface area contributed by atoms with Crippen LogP contribution in [0.4, 0.5) is 5.82 Å². The van der Waals surface area contributed by atoms with Crippen molar-refractivity contribution >= 4 is 5.82 Å². The van der Waals surface area contributed by atoms with Crippen LogP contribution in [0.2, 0.25) is 0 Å². The molecule has 0 radical (unpaired) electrons. The molecule has 1 aromatic heterocycles. The third kappa shape index (κ3) is 2.79. The summed E-state index contributed by atoms with van der Waals surface area (Å²) in [6.45, 7) is 10.2. The molecular formula is C16H23N3O. The number of imidazole rings is 1. The molecule has 1 aromatic carbocycles. The molecule has 20 heavy (non-hydrogen) atoms. The van der Waals surface area contributed by atoms with E-state index in [-0.39, 0.29) is 6.10 Å². The number of hydrogen-bond acceptors (Lipinski definition) is 3. The number of nitrogens with two attached hydrogens (primary N) is 1. The minimum atomic E-state index is 0.174. The average molecular weight is 273 g/mol. The Morgan fingerprint density at radius 3 is 2.15 bits per heavy atom. The van der Waals surface area contributed by atoms with Gasteiger partial charge in [-0.3, -0.25) is 0 Å². The molecule has 108 valence electrons. The molecule has 0 aliphatic rings. The zero-order chi connectivity index (χ0) is 14.9. The zero-order valence-corrected chi connectivity index (χ0v) is 12.8. The number of aromatic nitrogens is 2. The standard InChI is InChI=1S/C16H23N3O/c1-10(2)19-12(5)18-15(16(19)17)13-6-8-14(9-7-13)20-11(3)4/h6-11H,17H2,1-5H3. The van der Waals surface area contributed by atoms with Gasteiger partial charge in [0.15, 0.2) is 0 Å². The normalized spacial score (nSPS) is 11.3. The van der Waals surface area contributed by atoms with Crippen molar-refractivity contribution in [1.82, 2.24) is 9.55 Å². The van der Waals surface area contributed by atoms with E-state index < -0.39 is 0 Å². The lowest BCUT2D eigenvalue weighted by molar-refractivity contribution is 0.242. The Morgan fingerprint density at radius 2 is 1.70 bits per heavy atom. The van der Waals surface area contributed by atoms with Gasteiger partial charge in [-0.05, 0) is 58.9 Å². The molecule has 2 aromatic rings. The molecule has 0 aliphatic heterocycles. The third-order valence-corrected chi connectivity index (χ3v) is 3.14. The lowest BCUT2D eigenvalue weighted by Gasteiger charge is -2.12. The van der Waals surface area contributed by atoms with Crippen molar-refractivity contribution in [3.8, 4) is 17.0 Å². The smallest absolute Gasteiger partial charge is 0.131 e. The molecule has 1 heterocycles. The first kappa shape index (κ1) is 14.4. The van der Waals surface area contributed by atoms with Gasteiger partial charge in [0, 0.05) is 11.6 Å². The second kappa shape index (κ2) is 5.57. The molecule has 2 N–H and O–H groups in total. The maximum atomic E-state index is 6.23.